The summed E-state index contributed by atoms with van der Waals surface area (Å²) < 4.78 is 0. The third-order valence-electron chi connectivity index (χ3n) is 3.94. The minimum atomic E-state index is 0.0655. The van der Waals surface area contributed by atoms with Gasteiger partial charge in [0.15, 0.2) is 0 Å². The molecule has 21 heavy (non-hydrogen) atoms. The number of benzene rings is 1. The Labute approximate surface area is 127 Å². The smallest absolute Gasteiger partial charge is 0.224 e. The second-order valence-corrected chi connectivity index (χ2v) is 6.31. The highest BCUT2D eigenvalue weighted by molar-refractivity contribution is 5.91. The molecule has 1 aliphatic rings. The van der Waals surface area contributed by atoms with E-state index in [1.165, 1.54) is 19.4 Å². The van der Waals surface area contributed by atoms with Gasteiger partial charge >= 0.3 is 0 Å². The normalized spacial score (nSPS) is 14.7. The minimum absolute atomic E-state index is 0.0655. The summed E-state index contributed by atoms with van der Waals surface area (Å²) in [5.74, 6) is 0.962. The molecule has 4 heteroatoms. The molecule has 0 aromatic heterocycles. The van der Waals surface area contributed by atoms with Crippen LogP contribution in [0.5, 0.6) is 0 Å². The van der Waals surface area contributed by atoms with Gasteiger partial charge in [-0.1, -0.05) is 6.07 Å². The van der Waals surface area contributed by atoms with Crippen LogP contribution >= 0.6 is 0 Å². The van der Waals surface area contributed by atoms with Gasteiger partial charge in [-0.05, 0) is 63.8 Å². The molecule has 2 rings (SSSR count). The van der Waals surface area contributed by atoms with E-state index >= 15 is 0 Å². The average molecular weight is 289 g/mol. The first-order valence-corrected chi connectivity index (χ1v) is 7.94. The molecule has 0 spiro atoms. The molecule has 1 aromatic carbocycles. The van der Waals surface area contributed by atoms with Gasteiger partial charge in [0.1, 0.15) is 0 Å². The Hall–Kier alpha value is -1.55. The Morgan fingerprint density at radius 2 is 2.19 bits per heavy atom. The first-order valence-electron chi connectivity index (χ1n) is 7.94. The average Bonchev–Trinajstić information content (AvgIpc) is 3.21. The van der Waals surface area contributed by atoms with Crippen molar-refractivity contribution in [1.82, 2.24) is 4.90 Å². The number of nitrogens with one attached hydrogen (secondary N) is 1. The number of carbonyl (C=O) groups is 1. The van der Waals surface area contributed by atoms with E-state index in [4.69, 9.17) is 5.73 Å². The van der Waals surface area contributed by atoms with Gasteiger partial charge in [0.25, 0.3) is 0 Å². The van der Waals surface area contributed by atoms with Gasteiger partial charge in [-0.3, -0.25) is 4.79 Å². The largest absolute Gasteiger partial charge is 0.399 e. The Morgan fingerprint density at radius 3 is 2.81 bits per heavy atom. The van der Waals surface area contributed by atoms with Gasteiger partial charge in [0.2, 0.25) is 5.91 Å². The fourth-order valence-corrected chi connectivity index (χ4v) is 2.47. The molecular formula is C17H27N3O. The molecule has 0 radical (unpaired) electrons. The van der Waals surface area contributed by atoms with Crippen molar-refractivity contribution in [3.05, 3.63) is 24.3 Å². The highest BCUT2D eigenvalue weighted by atomic mass is 16.1. The van der Waals surface area contributed by atoms with Crippen LogP contribution in [0.15, 0.2) is 24.3 Å². The van der Waals surface area contributed by atoms with Gasteiger partial charge in [-0.2, -0.15) is 0 Å². The molecule has 1 saturated carbocycles. The van der Waals surface area contributed by atoms with Crippen LogP contribution in [0.2, 0.25) is 0 Å². The lowest BCUT2D eigenvalue weighted by molar-refractivity contribution is -0.116. The first-order chi connectivity index (χ1) is 10.0. The lowest BCUT2D eigenvalue weighted by Gasteiger charge is -2.26. The fourth-order valence-electron chi connectivity index (χ4n) is 2.47. The van der Waals surface area contributed by atoms with Crippen LogP contribution in [0.4, 0.5) is 11.4 Å². The fraction of sp³-hybridized carbons (Fsp3) is 0.588. The van der Waals surface area contributed by atoms with E-state index < -0.39 is 0 Å². The molecule has 1 aromatic rings. The summed E-state index contributed by atoms with van der Waals surface area (Å²) in [6, 6.07) is 7.87. The summed E-state index contributed by atoms with van der Waals surface area (Å²) in [6.45, 7) is 6.65. The molecule has 1 fully saturated rings. The van der Waals surface area contributed by atoms with E-state index in [0.717, 1.165) is 24.6 Å². The Balaban J connectivity index is 1.70. The number of amides is 1. The van der Waals surface area contributed by atoms with E-state index in [2.05, 4.69) is 24.1 Å². The molecule has 0 bridgehead atoms. The molecule has 3 N–H and O–H groups in total. The van der Waals surface area contributed by atoms with Crippen molar-refractivity contribution in [3.63, 3.8) is 0 Å². The van der Waals surface area contributed by atoms with Crippen molar-refractivity contribution in [3.8, 4) is 0 Å². The third-order valence-corrected chi connectivity index (χ3v) is 3.94. The van der Waals surface area contributed by atoms with Gasteiger partial charge < -0.3 is 16.0 Å². The van der Waals surface area contributed by atoms with E-state index in [9.17, 15) is 4.79 Å². The Bertz CT molecular complexity index is 469. The predicted molar refractivity (Wildman–Crippen MR) is 88.2 cm³/mol. The number of rotatable bonds is 8. The number of nitrogens with two attached hydrogens (primary N) is 1. The van der Waals surface area contributed by atoms with Crippen molar-refractivity contribution < 1.29 is 4.79 Å². The second kappa shape index (κ2) is 7.46. The molecular weight excluding hydrogens is 262 g/mol. The van der Waals surface area contributed by atoms with Crippen molar-refractivity contribution in [1.29, 1.82) is 0 Å². The second-order valence-electron chi connectivity index (χ2n) is 6.31. The van der Waals surface area contributed by atoms with Crippen LogP contribution < -0.4 is 11.1 Å². The van der Waals surface area contributed by atoms with Crippen molar-refractivity contribution >= 4 is 17.3 Å². The summed E-state index contributed by atoms with van der Waals surface area (Å²) in [6.07, 6.45) is 4.21. The molecule has 0 saturated heterocycles. The zero-order valence-electron chi connectivity index (χ0n) is 13.1. The van der Waals surface area contributed by atoms with E-state index in [1.54, 1.807) is 6.07 Å². The van der Waals surface area contributed by atoms with E-state index in [0.29, 0.717) is 18.2 Å². The van der Waals surface area contributed by atoms with Gasteiger partial charge in [-0.25, -0.2) is 0 Å². The lowest BCUT2D eigenvalue weighted by atomic mass is 10.2. The predicted octanol–water partition coefficient (Wildman–Crippen LogP) is 3.11. The van der Waals surface area contributed by atoms with Crippen LogP contribution in [-0.4, -0.2) is 29.9 Å². The number of hydrogen-bond acceptors (Lipinski definition) is 3. The summed E-state index contributed by atoms with van der Waals surface area (Å²) in [5.41, 5.74) is 7.15. The van der Waals surface area contributed by atoms with Crippen LogP contribution in [-0.2, 0) is 4.79 Å². The molecule has 0 atom stereocenters. The highest BCUT2D eigenvalue weighted by Gasteiger charge is 2.25. The molecule has 116 valence electrons. The quantitative estimate of drug-likeness (QED) is 0.723. The number of nitrogen functional groups attached to an aromatic ring is 1. The SMILES string of the molecule is CC(C)N(CCCC(=O)Nc1cccc(N)c1)CC1CC1. The monoisotopic (exact) mass is 289 g/mol. The van der Waals surface area contributed by atoms with Crippen LogP contribution in [0.25, 0.3) is 0 Å². The molecule has 4 nitrogen and oxygen atoms in total. The number of carbonyl (C=O) groups excluding carboxylic acids is 1. The summed E-state index contributed by atoms with van der Waals surface area (Å²) in [5, 5.41) is 2.90. The van der Waals surface area contributed by atoms with Gasteiger partial charge in [0.05, 0.1) is 0 Å². The Morgan fingerprint density at radius 1 is 1.43 bits per heavy atom. The van der Waals surface area contributed by atoms with Crippen molar-refractivity contribution in [2.45, 2.75) is 45.6 Å². The zero-order chi connectivity index (χ0) is 15.2. The van der Waals surface area contributed by atoms with Gasteiger partial charge in [0, 0.05) is 30.4 Å². The summed E-state index contributed by atoms with van der Waals surface area (Å²) in [4.78, 5) is 14.4. The van der Waals surface area contributed by atoms with Crippen molar-refractivity contribution in [2.75, 3.05) is 24.1 Å². The summed E-state index contributed by atoms with van der Waals surface area (Å²) in [7, 11) is 0. The topological polar surface area (TPSA) is 58.4 Å². The van der Waals surface area contributed by atoms with Crippen molar-refractivity contribution in [2.24, 2.45) is 5.92 Å². The van der Waals surface area contributed by atoms with Crippen LogP contribution in [0.1, 0.15) is 39.5 Å². The zero-order valence-corrected chi connectivity index (χ0v) is 13.1. The molecule has 1 aliphatic carbocycles. The molecule has 0 unspecified atom stereocenters. The number of anilines is 2. The number of hydrogen-bond donors (Lipinski definition) is 2. The van der Waals surface area contributed by atoms with E-state index in [-0.39, 0.29) is 5.91 Å². The standard InChI is InChI=1S/C17H27N3O/c1-13(2)20(12-14-8-9-14)10-4-7-17(21)19-16-6-3-5-15(18)11-16/h3,5-6,11,13-14H,4,7-10,12,18H2,1-2H3,(H,19,21). The minimum Gasteiger partial charge on any atom is -0.399 e. The number of nitrogens with zero attached hydrogens (tertiary/aromatic N) is 1. The van der Waals surface area contributed by atoms with Gasteiger partial charge in [-0.15, -0.1) is 0 Å². The lowest BCUT2D eigenvalue weighted by Crippen LogP contribution is -2.34. The molecule has 1 amide bonds. The third kappa shape index (κ3) is 5.76. The molecule has 0 heterocycles. The maximum Gasteiger partial charge on any atom is 0.224 e. The summed E-state index contributed by atoms with van der Waals surface area (Å²) >= 11 is 0. The van der Waals surface area contributed by atoms with Crippen LogP contribution in [0, 0.1) is 5.92 Å². The van der Waals surface area contributed by atoms with E-state index in [1.807, 2.05) is 18.2 Å². The maximum atomic E-state index is 11.9. The Kier molecular flexibility index (Phi) is 5.62. The molecule has 0 aliphatic heterocycles. The highest BCUT2D eigenvalue weighted by Crippen LogP contribution is 2.30. The van der Waals surface area contributed by atoms with Crippen LogP contribution in [0.3, 0.4) is 0 Å². The maximum absolute atomic E-state index is 11.9. The first kappa shape index (κ1) is 15.8.